The molecule has 1 fully saturated rings. The third kappa shape index (κ3) is 2.58. The summed E-state index contributed by atoms with van der Waals surface area (Å²) in [6.07, 6.45) is 5.14. The predicted molar refractivity (Wildman–Crippen MR) is 62.7 cm³/mol. The standard InChI is InChI=1S/C12H19NOS/c1-8-3-9(2)5-10(4-8)12(14)11-6-13-7-15-11/h6-10,12,14H,3-5H2,1-2H3. The molecule has 1 aromatic heterocycles. The Bertz CT molecular complexity index is 289. The van der Waals surface area contributed by atoms with Crippen molar-refractivity contribution in [2.45, 2.75) is 39.2 Å². The maximum absolute atomic E-state index is 10.2. The molecule has 0 aromatic carbocycles. The van der Waals surface area contributed by atoms with E-state index < -0.39 is 0 Å². The lowest BCUT2D eigenvalue weighted by atomic mass is 9.74. The molecule has 2 nitrogen and oxygen atoms in total. The number of aliphatic hydroxyl groups is 1. The Morgan fingerprint density at radius 3 is 2.53 bits per heavy atom. The van der Waals surface area contributed by atoms with E-state index in [-0.39, 0.29) is 6.10 Å². The van der Waals surface area contributed by atoms with Gasteiger partial charge in [0.25, 0.3) is 0 Å². The average molecular weight is 225 g/mol. The van der Waals surface area contributed by atoms with Gasteiger partial charge < -0.3 is 5.11 Å². The molecule has 1 aliphatic rings. The molecular weight excluding hydrogens is 206 g/mol. The Kier molecular flexibility index (Phi) is 3.42. The van der Waals surface area contributed by atoms with Gasteiger partial charge in [-0.25, -0.2) is 0 Å². The zero-order valence-electron chi connectivity index (χ0n) is 9.39. The van der Waals surface area contributed by atoms with Crippen molar-refractivity contribution < 1.29 is 5.11 Å². The number of thiazole rings is 1. The predicted octanol–water partition coefficient (Wildman–Crippen LogP) is 3.25. The summed E-state index contributed by atoms with van der Waals surface area (Å²) in [5.74, 6) is 1.94. The van der Waals surface area contributed by atoms with Crippen LogP contribution >= 0.6 is 11.3 Å². The number of aliphatic hydroxyl groups excluding tert-OH is 1. The molecule has 1 saturated carbocycles. The van der Waals surface area contributed by atoms with E-state index in [4.69, 9.17) is 0 Å². The quantitative estimate of drug-likeness (QED) is 0.838. The molecule has 0 bridgehead atoms. The smallest absolute Gasteiger partial charge is 0.0926 e. The van der Waals surface area contributed by atoms with Crippen LogP contribution in [0.4, 0.5) is 0 Å². The van der Waals surface area contributed by atoms with Crippen LogP contribution in [0.5, 0.6) is 0 Å². The second-order valence-corrected chi connectivity index (χ2v) is 5.94. The lowest BCUT2D eigenvalue weighted by Crippen LogP contribution is -2.24. The Morgan fingerprint density at radius 1 is 1.33 bits per heavy atom. The summed E-state index contributed by atoms with van der Waals surface area (Å²) < 4.78 is 0. The van der Waals surface area contributed by atoms with Crippen LogP contribution in [0.2, 0.25) is 0 Å². The Hall–Kier alpha value is -0.410. The fourth-order valence-electron chi connectivity index (χ4n) is 2.87. The zero-order chi connectivity index (χ0) is 10.8. The van der Waals surface area contributed by atoms with Gasteiger partial charge >= 0.3 is 0 Å². The average Bonchev–Trinajstić information content (AvgIpc) is 2.67. The summed E-state index contributed by atoms with van der Waals surface area (Å²) in [5.41, 5.74) is 1.80. The molecule has 0 aliphatic heterocycles. The molecule has 15 heavy (non-hydrogen) atoms. The van der Waals surface area contributed by atoms with Crippen molar-refractivity contribution >= 4 is 11.3 Å². The molecule has 2 rings (SSSR count). The van der Waals surface area contributed by atoms with Gasteiger partial charge in [-0.3, -0.25) is 4.98 Å². The Morgan fingerprint density at radius 2 is 2.00 bits per heavy atom. The van der Waals surface area contributed by atoms with Gasteiger partial charge in [0.1, 0.15) is 0 Å². The lowest BCUT2D eigenvalue weighted by molar-refractivity contribution is 0.0575. The first kappa shape index (κ1) is 11.1. The van der Waals surface area contributed by atoms with E-state index in [1.165, 1.54) is 6.42 Å². The minimum Gasteiger partial charge on any atom is -0.387 e. The Balaban J connectivity index is 2.03. The van der Waals surface area contributed by atoms with E-state index in [1.54, 1.807) is 23.0 Å². The third-order valence-corrected chi connectivity index (χ3v) is 4.25. The first-order valence-electron chi connectivity index (χ1n) is 5.73. The van der Waals surface area contributed by atoms with Crippen LogP contribution in [0.25, 0.3) is 0 Å². The molecule has 1 heterocycles. The van der Waals surface area contributed by atoms with E-state index in [0.29, 0.717) is 5.92 Å². The summed E-state index contributed by atoms with van der Waals surface area (Å²) in [4.78, 5) is 5.06. The number of hydrogen-bond donors (Lipinski definition) is 1. The minimum absolute atomic E-state index is 0.289. The van der Waals surface area contributed by atoms with Crippen molar-refractivity contribution in [1.29, 1.82) is 0 Å². The number of hydrogen-bond acceptors (Lipinski definition) is 3. The molecule has 0 spiro atoms. The second-order valence-electron chi connectivity index (χ2n) is 5.03. The van der Waals surface area contributed by atoms with Gasteiger partial charge in [-0.2, -0.15) is 0 Å². The van der Waals surface area contributed by atoms with Crippen LogP contribution < -0.4 is 0 Å². The second kappa shape index (κ2) is 4.62. The molecule has 84 valence electrons. The SMILES string of the molecule is CC1CC(C)CC(C(O)c2cncs2)C1. The van der Waals surface area contributed by atoms with Crippen molar-refractivity contribution in [1.82, 2.24) is 4.98 Å². The van der Waals surface area contributed by atoms with Crippen LogP contribution in [-0.2, 0) is 0 Å². The minimum atomic E-state index is -0.289. The van der Waals surface area contributed by atoms with Gasteiger partial charge in [0.05, 0.1) is 16.5 Å². The molecule has 1 aromatic rings. The fourth-order valence-corrected chi connectivity index (χ4v) is 3.57. The molecule has 0 amide bonds. The van der Waals surface area contributed by atoms with Gasteiger partial charge in [0, 0.05) is 6.20 Å². The molecule has 3 heteroatoms. The maximum Gasteiger partial charge on any atom is 0.0926 e. The van der Waals surface area contributed by atoms with Gasteiger partial charge in [0.2, 0.25) is 0 Å². The first-order valence-corrected chi connectivity index (χ1v) is 6.61. The van der Waals surface area contributed by atoms with E-state index in [9.17, 15) is 5.11 Å². The molecule has 0 saturated heterocycles. The van der Waals surface area contributed by atoms with Gasteiger partial charge in [-0.1, -0.05) is 13.8 Å². The van der Waals surface area contributed by atoms with Crippen molar-refractivity contribution in [3.05, 3.63) is 16.6 Å². The van der Waals surface area contributed by atoms with Crippen LogP contribution in [0.3, 0.4) is 0 Å². The van der Waals surface area contributed by atoms with Crippen molar-refractivity contribution in [3.8, 4) is 0 Å². The van der Waals surface area contributed by atoms with Crippen molar-refractivity contribution in [2.24, 2.45) is 17.8 Å². The summed E-state index contributed by atoms with van der Waals surface area (Å²) in [5, 5.41) is 10.2. The lowest BCUT2D eigenvalue weighted by Gasteiger charge is -2.33. The number of aromatic nitrogens is 1. The highest BCUT2D eigenvalue weighted by atomic mass is 32.1. The van der Waals surface area contributed by atoms with E-state index in [2.05, 4.69) is 18.8 Å². The topological polar surface area (TPSA) is 33.1 Å². The van der Waals surface area contributed by atoms with Gasteiger partial charge in [-0.05, 0) is 37.0 Å². The number of nitrogens with zero attached hydrogens (tertiary/aromatic N) is 1. The van der Waals surface area contributed by atoms with Crippen molar-refractivity contribution in [2.75, 3.05) is 0 Å². The summed E-state index contributed by atoms with van der Waals surface area (Å²) in [7, 11) is 0. The number of rotatable bonds is 2. The van der Waals surface area contributed by atoms with E-state index >= 15 is 0 Å². The van der Waals surface area contributed by atoms with Crippen LogP contribution in [0.1, 0.15) is 44.1 Å². The zero-order valence-corrected chi connectivity index (χ0v) is 10.2. The van der Waals surface area contributed by atoms with Gasteiger partial charge in [-0.15, -0.1) is 11.3 Å². The van der Waals surface area contributed by atoms with Gasteiger partial charge in [0.15, 0.2) is 0 Å². The highest BCUT2D eigenvalue weighted by Crippen LogP contribution is 2.40. The first-order chi connectivity index (χ1) is 7.16. The highest BCUT2D eigenvalue weighted by Gasteiger charge is 2.30. The normalized spacial score (nSPS) is 33.9. The maximum atomic E-state index is 10.2. The summed E-state index contributed by atoms with van der Waals surface area (Å²) in [6.45, 7) is 4.59. The van der Waals surface area contributed by atoms with Crippen LogP contribution in [-0.4, -0.2) is 10.1 Å². The van der Waals surface area contributed by atoms with E-state index in [0.717, 1.165) is 29.6 Å². The molecule has 3 atom stereocenters. The third-order valence-electron chi connectivity index (χ3n) is 3.40. The molecular formula is C12H19NOS. The molecule has 0 radical (unpaired) electrons. The molecule has 1 N–H and O–H groups in total. The molecule has 3 unspecified atom stereocenters. The van der Waals surface area contributed by atoms with Crippen molar-refractivity contribution in [3.63, 3.8) is 0 Å². The largest absolute Gasteiger partial charge is 0.387 e. The molecule has 1 aliphatic carbocycles. The van der Waals surface area contributed by atoms with E-state index in [1.807, 2.05) is 0 Å². The monoisotopic (exact) mass is 225 g/mol. The fraction of sp³-hybridized carbons (Fsp3) is 0.750. The highest BCUT2D eigenvalue weighted by molar-refractivity contribution is 7.09. The summed E-state index contributed by atoms with van der Waals surface area (Å²) >= 11 is 1.57. The van der Waals surface area contributed by atoms with Crippen LogP contribution in [0, 0.1) is 17.8 Å². The summed E-state index contributed by atoms with van der Waals surface area (Å²) in [6, 6.07) is 0. The Labute approximate surface area is 95.4 Å². The van der Waals surface area contributed by atoms with Crippen LogP contribution in [0.15, 0.2) is 11.7 Å².